The van der Waals surface area contributed by atoms with Crippen molar-refractivity contribution in [2.45, 2.75) is 124 Å². The Morgan fingerprint density at radius 1 is 0.926 bits per heavy atom. The van der Waals surface area contributed by atoms with Crippen molar-refractivity contribution in [3.05, 3.63) is 121 Å². The highest BCUT2D eigenvalue weighted by Crippen LogP contribution is 2.21. The van der Waals surface area contributed by atoms with Gasteiger partial charge in [-0.1, -0.05) is 96.7 Å². The number of fused-ring (bicyclic) bond motifs is 1. The molecule has 0 spiro atoms. The number of nitrogens with two attached hydrogens (primary N) is 3. The molecule has 3 aliphatic rings. The number of nitrogen functional groups attached to an aromatic ring is 1. The summed E-state index contributed by atoms with van der Waals surface area (Å²) in [4.78, 5) is 69.0. The van der Waals surface area contributed by atoms with Crippen molar-refractivity contribution in [1.29, 1.82) is 0 Å². The van der Waals surface area contributed by atoms with E-state index in [1.165, 1.54) is 12.2 Å². The Labute approximate surface area is 479 Å². The molecule has 2 unspecified atom stereocenters. The number of hydrogen-bond acceptors (Lipinski definition) is 15. The molecule has 81 heavy (non-hydrogen) atoms. The molecule has 2 aromatic heterocycles. The van der Waals surface area contributed by atoms with Crippen molar-refractivity contribution < 1.29 is 28.7 Å². The molecular formula is C60H91N15O6. The number of allylic oxidation sites excluding steroid dienone is 1. The van der Waals surface area contributed by atoms with E-state index in [1.807, 2.05) is 73.9 Å². The molecule has 10 N–H and O–H groups in total. The fraction of sp³-hybridized carbons (Fsp3) is 0.500. The SMILES string of the molecule is C=CC(=O)N1CCCC(C(C)=O)C1.C=CC(=O)NCC(CCC)C(=O)Cc1cccc(CN)c1.CC(C)c1cnn2cnc(NC3CCOCC3)nc12.CN=C(N)NNC=C(C=NC=NC1CCOCC1)C(C)C.Nc1ccccc1. The molecule has 21 heteroatoms. The lowest BCUT2D eigenvalue weighted by Crippen LogP contribution is -2.41. The summed E-state index contributed by atoms with van der Waals surface area (Å²) in [6, 6.07) is 18.0. The van der Waals surface area contributed by atoms with Crippen molar-refractivity contribution in [1.82, 2.24) is 40.7 Å². The Bertz CT molecular complexity index is 2640. The Morgan fingerprint density at radius 2 is 1.62 bits per heavy atom. The molecule has 2 amide bonds. The summed E-state index contributed by atoms with van der Waals surface area (Å²) < 4.78 is 12.4. The number of carbonyl (C=O) groups excluding carboxylic acids is 4. The van der Waals surface area contributed by atoms with E-state index < -0.39 is 0 Å². The van der Waals surface area contributed by atoms with Gasteiger partial charge in [0.15, 0.2) is 5.65 Å². The number of hydrazine groups is 1. The van der Waals surface area contributed by atoms with Crippen LogP contribution in [0.3, 0.4) is 0 Å². The number of likely N-dealkylation sites (tertiary alicyclic amines) is 1. The summed E-state index contributed by atoms with van der Waals surface area (Å²) in [6.45, 7) is 24.3. The Morgan fingerprint density at radius 3 is 2.21 bits per heavy atom. The van der Waals surface area contributed by atoms with Gasteiger partial charge in [0.05, 0.1) is 12.2 Å². The summed E-state index contributed by atoms with van der Waals surface area (Å²) in [6.07, 6.45) is 19.2. The zero-order valence-corrected chi connectivity index (χ0v) is 48.9. The maximum atomic E-state index is 12.4. The number of amides is 2. The number of ether oxygens (including phenoxy) is 2. The molecule has 21 nitrogen and oxygen atoms in total. The van der Waals surface area contributed by atoms with Gasteiger partial charge >= 0.3 is 0 Å². The van der Waals surface area contributed by atoms with Crippen LogP contribution in [0.4, 0.5) is 11.6 Å². The first-order valence-electron chi connectivity index (χ1n) is 28.1. The normalized spacial score (nSPS) is 16.3. The maximum absolute atomic E-state index is 12.4. The molecule has 5 heterocycles. The van der Waals surface area contributed by atoms with Gasteiger partial charge in [-0.25, -0.2) is 14.5 Å². The Kier molecular flexibility index (Phi) is 32.5. The number of aliphatic imine (C=N–C) groups is 3. The Balaban J connectivity index is 0.000000275. The number of rotatable bonds is 20. The van der Waals surface area contributed by atoms with Crippen molar-refractivity contribution in [3.8, 4) is 0 Å². The zero-order valence-electron chi connectivity index (χ0n) is 48.9. The first-order chi connectivity index (χ1) is 39.0. The van der Waals surface area contributed by atoms with Crippen LogP contribution in [0.1, 0.15) is 116 Å². The largest absolute Gasteiger partial charge is 0.399 e. The molecule has 2 aromatic carbocycles. The fourth-order valence-corrected chi connectivity index (χ4v) is 8.32. The molecule has 0 aliphatic carbocycles. The van der Waals surface area contributed by atoms with E-state index in [1.54, 1.807) is 42.3 Å². The van der Waals surface area contributed by atoms with Crippen LogP contribution in [-0.2, 0) is 41.6 Å². The van der Waals surface area contributed by atoms with Gasteiger partial charge in [-0.15, -0.1) is 0 Å². The summed E-state index contributed by atoms with van der Waals surface area (Å²) in [7, 11) is 1.62. The third kappa shape index (κ3) is 26.9. The number of guanidine groups is 1. The van der Waals surface area contributed by atoms with Crippen LogP contribution in [0.5, 0.6) is 0 Å². The average Bonchev–Trinajstić information content (AvgIpc) is 3.95. The highest BCUT2D eigenvalue weighted by molar-refractivity contribution is 5.89. The second-order valence-electron chi connectivity index (χ2n) is 20.2. The smallest absolute Gasteiger partial charge is 0.245 e. The van der Waals surface area contributed by atoms with Crippen LogP contribution < -0.4 is 38.7 Å². The standard InChI is InChI=1S/C17H24N2O2.C14H26N6O.C13H19N5O.C10H15NO2.C6H7N/c1-3-6-15(12-19-17(21)4-2)16(20)10-13-7-5-8-14(9-13)11-18;1-11(2)12(9-19-20-14(15)16-3)8-17-10-18-13-4-6-21-7-5-13;1-9(2)11-7-15-18-8-14-13(17-12(11)18)16-10-3-5-19-6-4-10;1-3-10(13)11-6-4-5-9(7-11)8(2)12;7-6-4-2-1-3-5-6/h4-5,7-9,15H,2-3,6,10-12,18H2,1H3,(H,19,21);8-11,13,19H,4-7H2,1-3H3,(H3,15,16,20);7-10H,3-6H2,1-2H3,(H,16,17);3,9H,1,4-7H2,2H3;1-5H,7H2. The van der Waals surface area contributed by atoms with Gasteiger partial charge in [-0.2, -0.15) is 10.1 Å². The van der Waals surface area contributed by atoms with Gasteiger partial charge in [0.1, 0.15) is 24.2 Å². The van der Waals surface area contributed by atoms with Crippen LogP contribution in [0.15, 0.2) is 119 Å². The zero-order chi connectivity index (χ0) is 59.4. The van der Waals surface area contributed by atoms with Crippen molar-refractivity contribution >= 4 is 59.2 Å². The number of carbonyl (C=O) groups is 4. The monoisotopic (exact) mass is 1120 g/mol. The fourth-order valence-electron chi connectivity index (χ4n) is 8.32. The van der Waals surface area contributed by atoms with Crippen molar-refractivity contribution in [2.24, 2.45) is 44.2 Å². The predicted octanol–water partition coefficient (Wildman–Crippen LogP) is 6.93. The topological polar surface area (TPSA) is 296 Å². The van der Waals surface area contributed by atoms with E-state index in [9.17, 15) is 19.2 Å². The lowest BCUT2D eigenvalue weighted by atomic mass is 9.93. The number of para-hydroxylation sites is 1. The number of nitrogens with zero attached hydrogens (tertiary/aromatic N) is 8. The summed E-state index contributed by atoms with van der Waals surface area (Å²) in [5, 5.41) is 10.4. The number of piperidine rings is 1. The van der Waals surface area contributed by atoms with Crippen LogP contribution in [-0.4, -0.2) is 132 Å². The number of hydrogen-bond donors (Lipinski definition) is 7. The summed E-state index contributed by atoms with van der Waals surface area (Å²) >= 11 is 0. The van der Waals surface area contributed by atoms with Gasteiger partial charge in [-0.3, -0.25) is 34.6 Å². The first kappa shape index (κ1) is 67.7. The first-order valence-corrected chi connectivity index (χ1v) is 28.1. The second kappa shape index (κ2) is 38.9. The van der Waals surface area contributed by atoms with Gasteiger partial charge in [0.2, 0.25) is 23.7 Å². The van der Waals surface area contributed by atoms with Gasteiger partial charge in [-0.05, 0) is 105 Å². The van der Waals surface area contributed by atoms with Crippen LogP contribution >= 0.6 is 0 Å². The molecule has 3 fully saturated rings. The number of anilines is 2. The molecule has 3 saturated heterocycles. The minimum Gasteiger partial charge on any atom is -0.399 e. The molecule has 2 atom stereocenters. The van der Waals surface area contributed by atoms with Crippen LogP contribution in [0, 0.1) is 17.8 Å². The third-order valence-corrected chi connectivity index (χ3v) is 13.3. The average molecular weight is 1120 g/mol. The molecule has 442 valence electrons. The molecule has 7 rings (SSSR count). The van der Waals surface area contributed by atoms with E-state index in [0.717, 1.165) is 118 Å². The summed E-state index contributed by atoms with van der Waals surface area (Å²) in [5.74, 6) is 1.66. The van der Waals surface area contributed by atoms with Gasteiger partial charge in [0.25, 0.3) is 0 Å². The minimum absolute atomic E-state index is 0.0395. The molecule has 0 radical (unpaired) electrons. The number of ketones is 2. The lowest BCUT2D eigenvalue weighted by molar-refractivity contribution is -0.130. The minimum atomic E-state index is -0.242. The van der Waals surface area contributed by atoms with E-state index in [4.69, 9.17) is 26.7 Å². The lowest BCUT2D eigenvalue weighted by Gasteiger charge is -2.30. The van der Waals surface area contributed by atoms with Gasteiger partial charge < -0.3 is 47.6 Å². The van der Waals surface area contributed by atoms with Gasteiger partial charge in [0, 0.05) is 108 Å². The second-order valence-corrected chi connectivity index (χ2v) is 20.2. The molecule has 0 bridgehead atoms. The van der Waals surface area contributed by atoms with E-state index >= 15 is 0 Å². The quantitative estimate of drug-likeness (QED) is 0.0155. The maximum Gasteiger partial charge on any atom is 0.245 e. The number of benzene rings is 2. The van der Waals surface area contributed by atoms with E-state index in [-0.39, 0.29) is 35.2 Å². The number of aromatic nitrogens is 4. The number of nitrogens with one attached hydrogen (secondary N) is 4. The highest BCUT2D eigenvalue weighted by atomic mass is 16.5. The Hall–Kier alpha value is -7.62. The molecule has 4 aromatic rings. The van der Waals surface area contributed by atoms with Crippen LogP contribution in [0.2, 0.25) is 0 Å². The molecular weight excluding hydrogens is 1030 g/mol. The highest BCUT2D eigenvalue weighted by Gasteiger charge is 2.25. The number of Topliss-reactive ketones (excluding diaryl/α,β-unsaturated/α-hetero) is 2. The predicted molar refractivity (Wildman–Crippen MR) is 326 cm³/mol. The third-order valence-electron chi connectivity index (χ3n) is 13.3. The van der Waals surface area contributed by atoms with Crippen molar-refractivity contribution in [3.63, 3.8) is 0 Å². The van der Waals surface area contributed by atoms with Crippen molar-refractivity contribution in [2.75, 3.05) is 64.2 Å². The van der Waals surface area contributed by atoms with E-state index in [2.05, 4.69) is 92.4 Å². The summed E-state index contributed by atoms with van der Waals surface area (Å²) in [5.41, 5.74) is 28.0. The van der Waals surface area contributed by atoms with Crippen LogP contribution in [0.25, 0.3) is 5.65 Å². The molecule has 0 saturated carbocycles. The van der Waals surface area contributed by atoms with E-state index in [0.29, 0.717) is 61.9 Å². The molecule has 3 aliphatic heterocycles.